The van der Waals surface area contributed by atoms with Crippen molar-refractivity contribution in [2.24, 2.45) is 0 Å². The monoisotopic (exact) mass is 206 g/mol. The molecule has 0 aliphatic carbocycles. The Bertz CT molecular complexity index is 265. The van der Waals surface area contributed by atoms with E-state index in [0.29, 0.717) is 9.92 Å². The van der Waals surface area contributed by atoms with E-state index in [1.165, 1.54) is 17.8 Å². The number of aliphatic hydroxyl groups is 1. The maximum Gasteiger partial charge on any atom is 0.142 e. The number of aliphatic hydroxyl groups excluding tert-OH is 1. The number of benzene rings is 1. The van der Waals surface area contributed by atoms with Gasteiger partial charge in [-0.25, -0.2) is 4.39 Å². The van der Waals surface area contributed by atoms with Crippen molar-refractivity contribution in [3.8, 4) is 0 Å². The molecule has 0 radical (unpaired) electrons. The number of halogens is 2. The number of rotatable bonds is 2. The summed E-state index contributed by atoms with van der Waals surface area (Å²) in [4.78, 5) is 0.464. The lowest BCUT2D eigenvalue weighted by molar-refractivity contribution is 0.274. The van der Waals surface area contributed by atoms with Crippen molar-refractivity contribution in [1.82, 2.24) is 0 Å². The molecule has 0 atom stereocenters. The molecule has 0 aromatic heterocycles. The van der Waals surface area contributed by atoms with Crippen LogP contribution in [0.25, 0.3) is 0 Å². The van der Waals surface area contributed by atoms with Gasteiger partial charge in [0.15, 0.2) is 0 Å². The molecule has 0 spiro atoms. The second-order valence-electron chi connectivity index (χ2n) is 2.24. The molecule has 1 N–H and O–H groups in total. The smallest absolute Gasteiger partial charge is 0.142 e. The van der Waals surface area contributed by atoms with Crippen LogP contribution >= 0.6 is 23.4 Å². The van der Waals surface area contributed by atoms with E-state index >= 15 is 0 Å². The second-order valence-corrected chi connectivity index (χ2v) is 3.52. The van der Waals surface area contributed by atoms with Crippen LogP contribution in [-0.2, 0) is 6.61 Å². The predicted octanol–water partition coefficient (Wildman–Crippen LogP) is 2.69. The molecule has 0 heterocycles. The lowest BCUT2D eigenvalue weighted by Crippen LogP contribution is -1.92. The Morgan fingerprint density at radius 3 is 2.75 bits per heavy atom. The van der Waals surface area contributed by atoms with Crippen LogP contribution in [0, 0.1) is 5.82 Å². The molecule has 1 rings (SSSR count). The Morgan fingerprint density at radius 1 is 1.58 bits per heavy atom. The van der Waals surface area contributed by atoms with E-state index in [4.69, 9.17) is 16.7 Å². The first-order valence-electron chi connectivity index (χ1n) is 3.31. The molecule has 0 saturated heterocycles. The zero-order valence-electron chi connectivity index (χ0n) is 6.47. The molecular weight excluding hydrogens is 199 g/mol. The van der Waals surface area contributed by atoms with Crippen molar-refractivity contribution in [3.63, 3.8) is 0 Å². The van der Waals surface area contributed by atoms with Crippen LogP contribution in [0.4, 0.5) is 4.39 Å². The molecule has 0 unspecified atom stereocenters. The Balaban J connectivity index is 3.22. The van der Waals surface area contributed by atoms with Crippen molar-refractivity contribution in [3.05, 3.63) is 28.5 Å². The lowest BCUT2D eigenvalue weighted by atomic mass is 10.2. The van der Waals surface area contributed by atoms with Gasteiger partial charge in [0.05, 0.1) is 6.61 Å². The van der Waals surface area contributed by atoms with Crippen LogP contribution in [0.3, 0.4) is 0 Å². The first-order valence-corrected chi connectivity index (χ1v) is 4.92. The number of hydrogen-bond acceptors (Lipinski definition) is 2. The van der Waals surface area contributed by atoms with Gasteiger partial charge < -0.3 is 5.11 Å². The molecule has 0 fully saturated rings. The van der Waals surface area contributed by atoms with Crippen LogP contribution in [-0.4, -0.2) is 11.4 Å². The van der Waals surface area contributed by atoms with Crippen LogP contribution in [0.1, 0.15) is 5.56 Å². The largest absolute Gasteiger partial charge is 0.392 e. The van der Waals surface area contributed by atoms with Gasteiger partial charge in [-0.1, -0.05) is 11.6 Å². The summed E-state index contributed by atoms with van der Waals surface area (Å²) in [6, 6.07) is 2.97. The fraction of sp³-hybridized carbons (Fsp3) is 0.250. The van der Waals surface area contributed by atoms with Gasteiger partial charge in [-0.2, -0.15) is 0 Å². The molecule has 0 amide bonds. The maximum absolute atomic E-state index is 13.2. The van der Waals surface area contributed by atoms with Gasteiger partial charge in [-0.15, -0.1) is 11.8 Å². The Morgan fingerprint density at radius 2 is 2.25 bits per heavy atom. The van der Waals surface area contributed by atoms with E-state index in [2.05, 4.69) is 0 Å². The van der Waals surface area contributed by atoms with E-state index < -0.39 is 0 Å². The summed E-state index contributed by atoms with van der Waals surface area (Å²) >= 11 is 6.96. The SMILES string of the molecule is CSc1cc(Cl)cc(CO)c1F. The molecule has 0 saturated carbocycles. The topological polar surface area (TPSA) is 20.2 Å². The van der Waals surface area contributed by atoms with Gasteiger partial charge in [0, 0.05) is 15.5 Å². The summed E-state index contributed by atoms with van der Waals surface area (Å²) in [5, 5.41) is 9.20. The minimum atomic E-state index is -0.380. The highest BCUT2D eigenvalue weighted by atomic mass is 35.5. The van der Waals surface area contributed by atoms with E-state index in [9.17, 15) is 4.39 Å². The normalized spacial score (nSPS) is 10.3. The quantitative estimate of drug-likeness (QED) is 0.751. The van der Waals surface area contributed by atoms with Crippen LogP contribution in [0.2, 0.25) is 5.02 Å². The maximum atomic E-state index is 13.2. The second kappa shape index (κ2) is 4.12. The highest BCUT2D eigenvalue weighted by molar-refractivity contribution is 7.98. The average Bonchev–Trinajstić information content (AvgIpc) is 2.08. The molecule has 0 aliphatic heterocycles. The first kappa shape index (κ1) is 9.84. The van der Waals surface area contributed by atoms with Crippen molar-refractivity contribution >= 4 is 23.4 Å². The summed E-state index contributed by atoms with van der Waals surface area (Å²) < 4.78 is 13.2. The molecule has 1 aromatic rings. The lowest BCUT2D eigenvalue weighted by Gasteiger charge is -2.04. The molecule has 0 bridgehead atoms. The average molecular weight is 207 g/mol. The molecule has 0 aliphatic rings. The summed E-state index contributed by atoms with van der Waals surface area (Å²) in [6.07, 6.45) is 1.76. The molecule has 1 aromatic carbocycles. The van der Waals surface area contributed by atoms with E-state index in [1.54, 1.807) is 12.3 Å². The van der Waals surface area contributed by atoms with Crippen LogP contribution < -0.4 is 0 Å². The third-order valence-electron chi connectivity index (χ3n) is 1.47. The zero-order valence-corrected chi connectivity index (χ0v) is 8.05. The van der Waals surface area contributed by atoms with Crippen molar-refractivity contribution in [2.45, 2.75) is 11.5 Å². The van der Waals surface area contributed by atoms with E-state index in [-0.39, 0.29) is 18.0 Å². The Labute approximate surface area is 79.5 Å². The van der Waals surface area contributed by atoms with E-state index in [1.807, 2.05) is 0 Å². The third-order valence-corrected chi connectivity index (χ3v) is 2.42. The number of thioether (sulfide) groups is 1. The Kier molecular flexibility index (Phi) is 3.38. The van der Waals surface area contributed by atoms with Gasteiger partial charge in [-0.05, 0) is 18.4 Å². The molecule has 12 heavy (non-hydrogen) atoms. The van der Waals surface area contributed by atoms with Gasteiger partial charge >= 0.3 is 0 Å². The minimum Gasteiger partial charge on any atom is -0.392 e. The minimum absolute atomic E-state index is 0.242. The molecule has 1 nitrogen and oxygen atoms in total. The van der Waals surface area contributed by atoms with Gasteiger partial charge in [0.25, 0.3) is 0 Å². The fourth-order valence-corrected chi connectivity index (χ4v) is 1.74. The highest BCUT2D eigenvalue weighted by Crippen LogP contribution is 2.26. The van der Waals surface area contributed by atoms with Crippen molar-refractivity contribution in [1.29, 1.82) is 0 Å². The first-order chi connectivity index (χ1) is 5.69. The van der Waals surface area contributed by atoms with Crippen molar-refractivity contribution in [2.75, 3.05) is 6.26 Å². The standard InChI is InChI=1S/C8H8ClFOS/c1-12-7-3-6(9)2-5(4-11)8(7)10/h2-3,11H,4H2,1H3. The summed E-state index contributed by atoms with van der Waals surface area (Å²) in [5.41, 5.74) is 0.242. The van der Waals surface area contributed by atoms with Crippen LogP contribution in [0.5, 0.6) is 0 Å². The van der Waals surface area contributed by atoms with Gasteiger partial charge in [0.1, 0.15) is 5.82 Å². The van der Waals surface area contributed by atoms with Gasteiger partial charge in [0.2, 0.25) is 0 Å². The predicted molar refractivity (Wildman–Crippen MR) is 49.1 cm³/mol. The van der Waals surface area contributed by atoms with Crippen LogP contribution in [0.15, 0.2) is 17.0 Å². The van der Waals surface area contributed by atoms with Crippen molar-refractivity contribution < 1.29 is 9.50 Å². The Hall–Kier alpha value is -0.250. The summed E-state index contributed by atoms with van der Waals surface area (Å²) in [6.45, 7) is -0.319. The third kappa shape index (κ3) is 1.91. The molecule has 4 heteroatoms. The van der Waals surface area contributed by atoms with Gasteiger partial charge in [-0.3, -0.25) is 0 Å². The molecular formula is C8H8ClFOS. The zero-order chi connectivity index (χ0) is 9.14. The van der Waals surface area contributed by atoms with E-state index in [0.717, 1.165) is 0 Å². The summed E-state index contributed by atoms with van der Waals surface area (Å²) in [5.74, 6) is -0.380. The molecule has 66 valence electrons. The highest BCUT2D eigenvalue weighted by Gasteiger charge is 2.08. The summed E-state index contributed by atoms with van der Waals surface area (Å²) in [7, 11) is 0. The number of hydrogen-bond donors (Lipinski definition) is 1. The fourth-order valence-electron chi connectivity index (χ4n) is 0.882.